The van der Waals surface area contributed by atoms with Crippen LogP contribution in [-0.2, 0) is 22.9 Å². The highest BCUT2D eigenvalue weighted by atomic mass is 32.2. The number of aryl methyl sites for hydroxylation is 2. The Kier molecular flexibility index (Phi) is 6.77. The zero-order valence-electron chi connectivity index (χ0n) is 17.8. The summed E-state index contributed by atoms with van der Waals surface area (Å²) < 4.78 is 28.5. The molecule has 0 saturated carbocycles. The first-order chi connectivity index (χ1) is 14.8. The van der Waals surface area contributed by atoms with Gasteiger partial charge in [-0.1, -0.05) is 20.8 Å². The molecule has 0 radical (unpaired) electrons. The minimum absolute atomic E-state index is 0.0367. The number of phenols is 1. The number of rotatable bonds is 9. The summed E-state index contributed by atoms with van der Waals surface area (Å²) in [4.78, 5) is 19.9. The molecule has 2 heterocycles. The third-order valence-electron chi connectivity index (χ3n) is 5.01. The Morgan fingerprint density at radius 3 is 2.58 bits per heavy atom. The molecule has 11 heteroatoms. The van der Waals surface area contributed by atoms with E-state index in [9.17, 15) is 23.4 Å². The normalized spacial score (nSPS) is 12.2. The van der Waals surface area contributed by atoms with E-state index in [0.717, 1.165) is 10.7 Å². The van der Waals surface area contributed by atoms with Gasteiger partial charge in [0.2, 0.25) is 10.0 Å². The molecular formula is C20H27N5O5S. The van der Waals surface area contributed by atoms with E-state index in [-0.39, 0.29) is 41.7 Å². The molecule has 31 heavy (non-hydrogen) atoms. The first-order valence-corrected chi connectivity index (χ1v) is 11.7. The second-order valence-electron chi connectivity index (χ2n) is 7.04. The van der Waals surface area contributed by atoms with Crippen LogP contribution < -0.4 is 5.56 Å². The van der Waals surface area contributed by atoms with Gasteiger partial charge in [0.1, 0.15) is 11.6 Å². The minimum Gasteiger partial charge on any atom is -0.507 e. The van der Waals surface area contributed by atoms with Gasteiger partial charge in [0.15, 0.2) is 11.3 Å². The van der Waals surface area contributed by atoms with Crippen LogP contribution in [0.3, 0.4) is 0 Å². The molecule has 0 spiro atoms. The van der Waals surface area contributed by atoms with Gasteiger partial charge in [-0.05, 0) is 31.0 Å². The van der Waals surface area contributed by atoms with Crippen LogP contribution >= 0.6 is 0 Å². The van der Waals surface area contributed by atoms with E-state index in [1.54, 1.807) is 6.92 Å². The van der Waals surface area contributed by atoms with Crippen molar-refractivity contribution in [1.29, 1.82) is 0 Å². The second-order valence-corrected chi connectivity index (χ2v) is 8.98. The lowest BCUT2D eigenvalue weighted by Gasteiger charge is -2.20. The predicted octanol–water partition coefficient (Wildman–Crippen LogP) is 1.31. The molecule has 0 fully saturated rings. The third-order valence-corrected chi connectivity index (χ3v) is 6.98. The number of fused-ring (bicyclic) bond motifs is 1. The lowest BCUT2D eigenvalue weighted by atomic mass is 10.2. The van der Waals surface area contributed by atoms with Crippen LogP contribution in [-0.4, -0.2) is 62.2 Å². The van der Waals surface area contributed by atoms with Crippen molar-refractivity contribution in [2.75, 3.05) is 19.7 Å². The zero-order valence-corrected chi connectivity index (χ0v) is 18.6. The Hall–Kier alpha value is -2.76. The number of aromatic amines is 1. The molecule has 0 bridgehead atoms. The average molecular weight is 450 g/mol. The number of aromatic nitrogens is 4. The van der Waals surface area contributed by atoms with Gasteiger partial charge >= 0.3 is 0 Å². The van der Waals surface area contributed by atoms with Gasteiger partial charge in [-0.2, -0.15) is 4.31 Å². The van der Waals surface area contributed by atoms with Crippen LogP contribution in [0.4, 0.5) is 0 Å². The van der Waals surface area contributed by atoms with E-state index < -0.39 is 15.6 Å². The van der Waals surface area contributed by atoms with Crippen molar-refractivity contribution in [2.45, 2.75) is 44.9 Å². The highest BCUT2D eigenvalue weighted by Crippen LogP contribution is 2.30. The number of likely N-dealkylation sites (N-methyl/N-ethyl adjacent to an activating group) is 1. The molecule has 168 valence electrons. The average Bonchev–Trinajstić information content (AvgIpc) is 3.10. The van der Waals surface area contributed by atoms with Crippen LogP contribution in [0.15, 0.2) is 27.9 Å². The number of aromatic hydroxyl groups is 1. The Bertz CT molecular complexity index is 1250. The van der Waals surface area contributed by atoms with Crippen LogP contribution in [0, 0.1) is 0 Å². The largest absolute Gasteiger partial charge is 0.507 e. The SMILES string of the molecule is CCCc1nc(CC)c2c(=O)[nH]c(-c3cc(S(=O)(=O)N(CC)CCO)ccc3O)nn12. The van der Waals surface area contributed by atoms with Crippen LogP contribution in [0.2, 0.25) is 0 Å². The fraction of sp³-hybridized carbons (Fsp3) is 0.450. The molecule has 3 aromatic rings. The maximum atomic E-state index is 12.9. The number of benzene rings is 1. The molecule has 0 aliphatic carbocycles. The number of aliphatic hydroxyl groups is 1. The van der Waals surface area contributed by atoms with Gasteiger partial charge in [-0.15, -0.1) is 5.10 Å². The first kappa shape index (κ1) is 22.9. The summed E-state index contributed by atoms with van der Waals surface area (Å²) in [6, 6.07) is 3.79. The van der Waals surface area contributed by atoms with Crippen LogP contribution in [0.5, 0.6) is 5.75 Å². The molecule has 3 rings (SSSR count). The fourth-order valence-electron chi connectivity index (χ4n) is 3.46. The van der Waals surface area contributed by atoms with Gasteiger partial charge in [-0.3, -0.25) is 4.79 Å². The Labute approximate surface area is 180 Å². The van der Waals surface area contributed by atoms with E-state index in [1.807, 2.05) is 13.8 Å². The summed E-state index contributed by atoms with van der Waals surface area (Å²) >= 11 is 0. The minimum atomic E-state index is -3.91. The molecule has 0 amide bonds. The standard InChI is InChI=1S/C20H27N5O5S/c1-4-7-17-21-15(5-2)18-20(28)22-19(23-25(17)18)14-12-13(8-9-16(14)27)31(29,30)24(6-3)10-11-26/h8-9,12,26-27H,4-7,10-11H2,1-3H3,(H,22,23,28). The molecule has 0 aliphatic rings. The van der Waals surface area contributed by atoms with E-state index in [4.69, 9.17) is 0 Å². The topological polar surface area (TPSA) is 141 Å². The highest BCUT2D eigenvalue weighted by molar-refractivity contribution is 7.89. The lowest BCUT2D eigenvalue weighted by Crippen LogP contribution is -2.33. The lowest BCUT2D eigenvalue weighted by molar-refractivity contribution is 0.257. The van der Waals surface area contributed by atoms with Crippen LogP contribution in [0.1, 0.15) is 38.7 Å². The Morgan fingerprint density at radius 2 is 1.97 bits per heavy atom. The number of imidazole rings is 1. The second kappa shape index (κ2) is 9.16. The number of sulfonamides is 1. The van der Waals surface area contributed by atoms with Gasteiger partial charge in [-0.25, -0.2) is 17.9 Å². The smallest absolute Gasteiger partial charge is 0.277 e. The van der Waals surface area contributed by atoms with E-state index in [1.165, 1.54) is 22.7 Å². The van der Waals surface area contributed by atoms with Crippen molar-refractivity contribution in [3.8, 4) is 17.1 Å². The van der Waals surface area contributed by atoms with Gasteiger partial charge in [0, 0.05) is 19.5 Å². The number of nitrogens with one attached hydrogen (secondary N) is 1. The predicted molar refractivity (Wildman–Crippen MR) is 116 cm³/mol. The van der Waals surface area contributed by atoms with Gasteiger partial charge in [0.25, 0.3) is 5.56 Å². The first-order valence-electron chi connectivity index (χ1n) is 10.2. The monoisotopic (exact) mass is 449 g/mol. The molecule has 0 unspecified atom stereocenters. The summed E-state index contributed by atoms with van der Waals surface area (Å²) in [6.07, 6.45) is 1.99. The molecule has 0 saturated heterocycles. The number of hydrogen-bond acceptors (Lipinski definition) is 7. The number of H-pyrrole nitrogens is 1. The molecular weight excluding hydrogens is 422 g/mol. The summed E-state index contributed by atoms with van der Waals surface area (Å²) in [5.41, 5.74) is 0.638. The Morgan fingerprint density at radius 1 is 1.23 bits per heavy atom. The number of nitrogens with zero attached hydrogens (tertiary/aromatic N) is 4. The van der Waals surface area contributed by atoms with Gasteiger partial charge < -0.3 is 15.2 Å². The zero-order chi connectivity index (χ0) is 22.8. The molecule has 1 aromatic carbocycles. The van der Waals surface area contributed by atoms with Crippen molar-refractivity contribution in [1.82, 2.24) is 23.9 Å². The third kappa shape index (κ3) is 4.21. The maximum Gasteiger partial charge on any atom is 0.277 e. The van der Waals surface area contributed by atoms with Crippen molar-refractivity contribution in [2.24, 2.45) is 0 Å². The number of aliphatic hydroxyl groups excluding tert-OH is 1. The van der Waals surface area contributed by atoms with Crippen molar-refractivity contribution in [3.05, 3.63) is 40.1 Å². The summed E-state index contributed by atoms with van der Waals surface area (Å²) in [5.74, 6) is 0.444. The molecule has 2 aromatic heterocycles. The number of phenolic OH excluding ortho intramolecular Hbond substituents is 1. The molecule has 10 nitrogen and oxygen atoms in total. The quantitative estimate of drug-likeness (QED) is 0.447. The summed E-state index contributed by atoms with van der Waals surface area (Å²) in [7, 11) is -3.91. The van der Waals surface area contributed by atoms with E-state index in [0.29, 0.717) is 29.9 Å². The fourth-order valence-corrected chi connectivity index (χ4v) is 4.93. The van der Waals surface area contributed by atoms with Crippen molar-refractivity contribution in [3.63, 3.8) is 0 Å². The Balaban J connectivity index is 2.20. The highest BCUT2D eigenvalue weighted by Gasteiger charge is 2.25. The molecule has 3 N–H and O–H groups in total. The molecule has 0 atom stereocenters. The van der Waals surface area contributed by atoms with Crippen molar-refractivity contribution >= 4 is 15.5 Å². The summed E-state index contributed by atoms with van der Waals surface area (Å²) in [5, 5.41) is 24.0. The molecule has 0 aliphatic heterocycles. The van der Waals surface area contributed by atoms with E-state index in [2.05, 4.69) is 15.1 Å². The van der Waals surface area contributed by atoms with E-state index >= 15 is 0 Å². The number of hydrogen-bond donors (Lipinski definition) is 3. The van der Waals surface area contributed by atoms with Crippen LogP contribution in [0.25, 0.3) is 16.9 Å². The van der Waals surface area contributed by atoms with Crippen molar-refractivity contribution < 1.29 is 18.6 Å². The summed E-state index contributed by atoms with van der Waals surface area (Å²) in [6.45, 7) is 5.37. The maximum absolute atomic E-state index is 12.9. The van der Waals surface area contributed by atoms with Gasteiger partial charge in [0.05, 0.1) is 22.8 Å².